The molecule has 5 aromatic rings. The Morgan fingerprint density at radius 1 is 0.821 bits per heavy atom. The first-order valence-electron chi connectivity index (χ1n) is 12.5. The second kappa shape index (κ2) is 11.0. The first-order chi connectivity index (χ1) is 19.2. The fourth-order valence-electron chi connectivity index (χ4n) is 4.44. The van der Waals surface area contributed by atoms with Crippen LogP contribution in [0, 0.1) is 5.82 Å². The Kier molecular flexibility index (Phi) is 6.93. The van der Waals surface area contributed by atoms with Crippen molar-refractivity contribution in [2.24, 2.45) is 4.99 Å². The number of halogens is 1. The minimum absolute atomic E-state index is 0.162. The number of fused-ring (bicyclic) bond motifs is 1. The number of thioether (sulfide) groups is 1. The van der Waals surface area contributed by atoms with Crippen LogP contribution in [0.1, 0.15) is 11.1 Å². The third kappa shape index (κ3) is 5.33. The Labute approximate surface area is 230 Å². The first-order valence-corrected chi connectivity index (χ1v) is 13.3. The number of hydrogen-bond donors (Lipinski definition) is 0. The van der Waals surface area contributed by atoms with Gasteiger partial charge in [0, 0.05) is 5.56 Å². The minimum atomic E-state index is -0.309. The lowest BCUT2D eigenvalue weighted by atomic mass is 10.0. The molecule has 0 spiro atoms. The van der Waals surface area contributed by atoms with E-state index in [0.717, 1.165) is 33.3 Å². The predicted octanol–water partition coefficient (Wildman–Crippen LogP) is 8.37. The molecule has 1 fully saturated rings. The van der Waals surface area contributed by atoms with E-state index >= 15 is 0 Å². The molecule has 0 aliphatic carbocycles. The summed E-state index contributed by atoms with van der Waals surface area (Å²) in [6.07, 6.45) is 1.87. The molecule has 190 valence electrons. The van der Waals surface area contributed by atoms with Crippen molar-refractivity contribution in [1.82, 2.24) is 0 Å². The average Bonchev–Trinajstić information content (AvgIpc) is 3.27. The number of anilines is 1. The summed E-state index contributed by atoms with van der Waals surface area (Å²) in [5.74, 6) is 0.139. The Bertz CT molecular complexity index is 1720. The van der Waals surface area contributed by atoms with Crippen LogP contribution in [-0.2, 0) is 11.4 Å². The maximum atomic E-state index is 13.8. The molecule has 0 saturated carbocycles. The summed E-state index contributed by atoms with van der Waals surface area (Å²) < 4.78 is 19.9. The zero-order valence-corrected chi connectivity index (χ0v) is 21.6. The highest BCUT2D eigenvalue weighted by molar-refractivity contribution is 8.19. The minimum Gasteiger partial charge on any atom is -0.488 e. The monoisotopic (exact) mass is 530 g/mol. The SMILES string of the molecule is O=C1/C(=C\c2c(OCc3cccc(F)c3)ccc3ccccc23)SC(=Nc2ccccc2)N1c1ccccc1. The molecule has 0 atom stereocenters. The van der Waals surface area contributed by atoms with Gasteiger partial charge in [0.2, 0.25) is 0 Å². The summed E-state index contributed by atoms with van der Waals surface area (Å²) in [6, 6.07) is 37.3. The van der Waals surface area contributed by atoms with Gasteiger partial charge in [-0.05, 0) is 76.6 Å². The van der Waals surface area contributed by atoms with Crippen LogP contribution in [0.15, 0.2) is 131 Å². The lowest BCUT2D eigenvalue weighted by Crippen LogP contribution is -2.28. The van der Waals surface area contributed by atoms with Gasteiger partial charge in [-0.2, -0.15) is 0 Å². The van der Waals surface area contributed by atoms with Crippen molar-refractivity contribution in [2.45, 2.75) is 6.61 Å². The topological polar surface area (TPSA) is 41.9 Å². The molecule has 6 heteroatoms. The maximum Gasteiger partial charge on any atom is 0.271 e. The number of hydrogen-bond acceptors (Lipinski definition) is 4. The Balaban J connectivity index is 1.43. The highest BCUT2D eigenvalue weighted by atomic mass is 32.2. The van der Waals surface area contributed by atoms with Crippen molar-refractivity contribution in [3.05, 3.63) is 143 Å². The van der Waals surface area contributed by atoms with E-state index in [1.54, 1.807) is 11.0 Å². The van der Waals surface area contributed by atoms with Crippen LogP contribution in [0.25, 0.3) is 16.8 Å². The van der Waals surface area contributed by atoms with E-state index in [4.69, 9.17) is 9.73 Å². The van der Waals surface area contributed by atoms with E-state index in [1.807, 2.05) is 109 Å². The number of benzene rings is 5. The van der Waals surface area contributed by atoms with Crippen LogP contribution in [-0.4, -0.2) is 11.1 Å². The zero-order chi connectivity index (χ0) is 26.6. The number of carbonyl (C=O) groups is 1. The van der Waals surface area contributed by atoms with E-state index in [1.165, 1.54) is 23.9 Å². The molecule has 39 heavy (non-hydrogen) atoms. The van der Waals surface area contributed by atoms with Crippen molar-refractivity contribution in [3.63, 3.8) is 0 Å². The molecule has 0 N–H and O–H groups in total. The Hall–Kier alpha value is -4.68. The molecule has 0 unspecified atom stereocenters. The number of para-hydroxylation sites is 2. The molecule has 1 amide bonds. The summed E-state index contributed by atoms with van der Waals surface area (Å²) in [7, 11) is 0. The van der Waals surface area contributed by atoms with Gasteiger partial charge >= 0.3 is 0 Å². The number of aliphatic imine (C=N–C) groups is 1. The number of nitrogens with zero attached hydrogens (tertiary/aromatic N) is 2. The van der Waals surface area contributed by atoms with Crippen LogP contribution in [0.3, 0.4) is 0 Å². The third-order valence-corrected chi connectivity index (χ3v) is 7.26. The standard InChI is InChI=1S/C33H23FN2O2S/c34-25-12-9-10-23(20-25)22-38-30-19-18-24-11-7-8-17-28(24)29(30)21-31-32(37)36(27-15-5-2-6-16-27)33(39-31)35-26-13-3-1-4-14-26/h1-21H,22H2/b31-21+,35-33?. The Morgan fingerprint density at radius 3 is 2.36 bits per heavy atom. The Morgan fingerprint density at radius 2 is 1.56 bits per heavy atom. The first kappa shape index (κ1) is 24.6. The number of rotatable bonds is 6. The molecule has 1 saturated heterocycles. The van der Waals surface area contributed by atoms with Gasteiger partial charge in [-0.1, -0.05) is 78.9 Å². The second-order valence-corrected chi connectivity index (χ2v) is 9.94. The van der Waals surface area contributed by atoms with E-state index in [-0.39, 0.29) is 18.3 Å². The molecular weight excluding hydrogens is 507 g/mol. The summed E-state index contributed by atoms with van der Waals surface area (Å²) >= 11 is 1.33. The number of carbonyl (C=O) groups excluding carboxylic acids is 1. The molecule has 0 aromatic heterocycles. The number of amides is 1. The fourth-order valence-corrected chi connectivity index (χ4v) is 5.42. The van der Waals surface area contributed by atoms with Gasteiger partial charge in [-0.3, -0.25) is 9.69 Å². The van der Waals surface area contributed by atoms with E-state index in [0.29, 0.717) is 15.8 Å². The molecule has 5 aromatic carbocycles. The molecule has 0 bridgehead atoms. The van der Waals surface area contributed by atoms with E-state index in [2.05, 4.69) is 0 Å². The molecule has 0 radical (unpaired) electrons. The smallest absolute Gasteiger partial charge is 0.271 e. The average molecular weight is 531 g/mol. The van der Waals surface area contributed by atoms with Crippen LogP contribution in [0.5, 0.6) is 5.75 Å². The van der Waals surface area contributed by atoms with Gasteiger partial charge < -0.3 is 4.74 Å². The van der Waals surface area contributed by atoms with Crippen molar-refractivity contribution in [1.29, 1.82) is 0 Å². The van der Waals surface area contributed by atoms with Gasteiger partial charge in [0.1, 0.15) is 18.2 Å². The molecule has 6 rings (SSSR count). The van der Waals surface area contributed by atoms with Crippen LogP contribution >= 0.6 is 11.8 Å². The zero-order valence-electron chi connectivity index (χ0n) is 20.8. The van der Waals surface area contributed by atoms with Gasteiger partial charge in [0.15, 0.2) is 5.17 Å². The summed E-state index contributed by atoms with van der Waals surface area (Å²) in [5, 5.41) is 2.55. The predicted molar refractivity (Wildman–Crippen MR) is 158 cm³/mol. The summed E-state index contributed by atoms with van der Waals surface area (Å²) in [4.78, 5) is 20.8. The van der Waals surface area contributed by atoms with Gasteiger partial charge in [0.25, 0.3) is 5.91 Å². The van der Waals surface area contributed by atoms with Gasteiger partial charge in [0.05, 0.1) is 16.3 Å². The molecule has 4 nitrogen and oxygen atoms in total. The number of amidine groups is 1. The summed E-state index contributed by atoms with van der Waals surface area (Å²) in [6.45, 7) is 0.199. The van der Waals surface area contributed by atoms with Crippen molar-refractivity contribution >= 4 is 51.1 Å². The summed E-state index contributed by atoms with van der Waals surface area (Å²) in [5.41, 5.74) is 3.02. The third-order valence-electron chi connectivity index (χ3n) is 6.29. The molecule has 1 aliphatic rings. The van der Waals surface area contributed by atoms with Gasteiger partial charge in [-0.15, -0.1) is 0 Å². The lowest BCUT2D eigenvalue weighted by Gasteiger charge is -2.15. The molecule has 1 heterocycles. The normalized spacial score (nSPS) is 15.4. The number of ether oxygens (including phenoxy) is 1. The van der Waals surface area contributed by atoms with Gasteiger partial charge in [-0.25, -0.2) is 9.38 Å². The van der Waals surface area contributed by atoms with Crippen molar-refractivity contribution < 1.29 is 13.9 Å². The molecular formula is C33H23FN2O2S. The van der Waals surface area contributed by atoms with Crippen LogP contribution < -0.4 is 9.64 Å². The van der Waals surface area contributed by atoms with Crippen LogP contribution in [0.2, 0.25) is 0 Å². The van der Waals surface area contributed by atoms with Crippen LogP contribution in [0.4, 0.5) is 15.8 Å². The largest absolute Gasteiger partial charge is 0.488 e. The maximum absolute atomic E-state index is 13.8. The quantitative estimate of drug-likeness (QED) is 0.207. The lowest BCUT2D eigenvalue weighted by molar-refractivity contribution is -0.113. The van der Waals surface area contributed by atoms with E-state index < -0.39 is 0 Å². The molecule has 1 aliphatic heterocycles. The fraction of sp³-hybridized carbons (Fsp3) is 0.0303. The second-order valence-electron chi connectivity index (χ2n) is 8.93. The highest BCUT2D eigenvalue weighted by Gasteiger charge is 2.35. The van der Waals surface area contributed by atoms with E-state index in [9.17, 15) is 9.18 Å². The van der Waals surface area contributed by atoms with Crippen molar-refractivity contribution in [3.8, 4) is 5.75 Å². The van der Waals surface area contributed by atoms with Crippen molar-refractivity contribution in [2.75, 3.05) is 4.90 Å². The highest BCUT2D eigenvalue weighted by Crippen LogP contribution is 2.40.